The maximum absolute atomic E-state index is 12.0. The molecule has 2 aliphatic rings. The van der Waals surface area contributed by atoms with Gasteiger partial charge in [-0.05, 0) is 37.8 Å². The number of Topliss-reactive ketones (excluding diaryl/α,β-unsaturated/α-hetero) is 1. The number of rotatable bonds is 6. The number of para-hydroxylation sites is 1. The molecule has 0 saturated heterocycles. The molecule has 1 N–H and O–H groups in total. The Kier molecular flexibility index (Phi) is 4.47. The van der Waals surface area contributed by atoms with Crippen molar-refractivity contribution < 1.29 is 23.9 Å². The molecular weight excluding hydrogens is 338 g/mol. The molecule has 0 unspecified atom stereocenters. The van der Waals surface area contributed by atoms with Crippen LogP contribution in [-0.4, -0.2) is 42.3 Å². The smallest absolute Gasteiger partial charge is 0.326 e. The number of benzene rings is 1. The first-order chi connectivity index (χ1) is 12.4. The molecule has 1 saturated carbocycles. The van der Waals surface area contributed by atoms with Crippen molar-refractivity contribution >= 4 is 29.3 Å². The molecule has 0 aromatic heterocycles. The lowest BCUT2D eigenvalue weighted by Gasteiger charge is -2.22. The highest BCUT2D eigenvalue weighted by Gasteiger charge is 2.43. The van der Waals surface area contributed by atoms with Gasteiger partial charge in [0.05, 0.1) is 17.3 Å². The third kappa shape index (κ3) is 3.28. The molecule has 1 aliphatic carbocycles. The first-order valence-electron chi connectivity index (χ1n) is 8.19. The van der Waals surface area contributed by atoms with E-state index in [1.807, 2.05) is 0 Å². The Morgan fingerprint density at radius 1 is 1.35 bits per heavy atom. The minimum Gasteiger partial charge on any atom is -0.454 e. The summed E-state index contributed by atoms with van der Waals surface area (Å²) in [6, 6.07) is 8.42. The Bertz CT molecular complexity index is 839. The van der Waals surface area contributed by atoms with Crippen LogP contribution in [0.4, 0.5) is 5.69 Å². The summed E-state index contributed by atoms with van der Waals surface area (Å²) in [4.78, 5) is 48.8. The second kappa shape index (κ2) is 6.59. The van der Waals surface area contributed by atoms with Crippen LogP contribution in [0.5, 0.6) is 0 Å². The van der Waals surface area contributed by atoms with E-state index < -0.39 is 42.3 Å². The normalized spacial score (nSPS) is 17.9. The quantitative estimate of drug-likeness (QED) is 0.589. The highest BCUT2D eigenvalue weighted by molar-refractivity contribution is 6.52. The number of nitrogens with one attached hydrogen (secondary N) is 1. The molecule has 1 aromatic carbocycles. The fraction of sp³-hybridized carbons (Fsp3) is 0.389. The van der Waals surface area contributed by atoms with E-state index in [0.717, 1.165) is 17.7 Å². The van der Waals surface area contributed by atoms with E-state index in [1.165, 1.54) is 6.07 Å². The first kappa shape index (κ1) is 17.6. The van der Waals surface area contributed by atoms with Crippen molar-refractivity contribution in [3.8, 4) is 6.07 Å². The Morgan fingerprint density at radius 3 is 2.69 bits per heavy atom. The van der Waals surface area contributed by atoms with Gasteiger partial charge in [0.2, 0.25) is 0 Å². The number of nitriles is 1. The van der Waals surface area contributed by atoms with Crippen molar-refractivity contribution in [1.29, 1.82) is 5.26 Å². The molecule has 8 nitrogen and oxygen atoms in total. The molecule has 1 heterocycles. The monoisotopic (exact) mass is 355 g/mol. The number of hydrogen-bond donors (Lipinski definition) is 1. The zero-order valence-corrected chi connectivity index (χ0v) is 14.2. The summed E-state index contributed by atoms with van der Waals surface area (Å²) in [6.45, 7) is 0.614. The molecule has 0 radical (unpaired) electrons. The van der Waals surface area contributed by atoms with E-state index in [-0.39, 0.29) is 11.5 Å². The molecule has 8 heteroatoms. The molecule has 3 rings (SSSR count). The van der Waals surface area contributed by atoms with E-state index in [2.05, 4.69) is 11.4 Å². The van der Waals surface area contributed by atoms with Crippen LogP contribution >= 0.6 is 0 Å². The number of anilines is 1. The van der Waals surface area contributed by atoms with Crippen molar-refractivity contribution in [1.82, 2.24) is 5.32 Å². The van der Waals surface area contributed by atoms with Gasteiger partial charge in [-0.15, -0.1) is 0 Å². The zero-order chi connectivity index (χ0) is 18.9. The predicted molar refractivity (Wildman–Crippen MR) is 89.0 cm³/mol. The number of esters is 1. The van der Waals surface area contributed by atoms with Gasteiger partial charge in [-0.1, -0.05) is 12.1 Å². The van der Waals surface area contributed by atoms with Gasteiger partial charge in [-0.2, -0.15) is 5.26 Å². The van der Waals surface area contributed by atoms with E-state index in [1.54, 1.807) is 25.1 Å². The van der Waals surface area contributed by atoms with Gasteiger partial charge in [-0.3, -0.25) is 24.1 Å². The van der Waals surface area contributed by atoms with Gasteiger partial charge in [0.25, 0.3) is 17.6 Å². The summed E-state index contributed by atoms with van der Waals surface area (Å²) in [5, 5.41) is 11.8. The van der Waals surface area contributed by atoms with E-state index >= 15 is 0 Å². The standard InChI is InChI=1S/C18H17N3O5/c1-18(10-19,11-6-7-11)20-14(22)9-26-15(23)8-21-13-5-3-2-4-12(13)16(24)17(21)25/h2-5,11H,6-9H2,1H3,(H,20,22)/t18-/m1/s1. The first-order valence-corrected chi connectivity index (χ1v) is 8.19. The van der Waals surface area contributed by atoms with Crippen LogP contribution in [0.3, 0.4) is 0 Å². The molecule has 0 bridgehead atoms. The second-order valence-electron chi connectivity index (χ2n) is 6.53. The average molecular weight is 355 g/mol. The SMILES string of the molecule is C[C@](C#N)(NC(=O)COC(=O)CN1C(=O)C(=O)c2ccccc21)C1CC1. The van der Waals surface area contributed by atoms with Crippen LogP contribution in [0, 0.1) is 17.2 Å². The molecule has 1 aliphatic heterocycles. The lowest BCUT2D eigenvalue weighted by Crippen LogP contribution is -2.48. The maximum Gasteiger partial charge on any atom is 0.326 e. The predicted octanol–water partition coefficient (Wildman–Crippen LogP) is 0.568. The Balaban J connectivity index is 1.55. The van der Waals surface area contributed by atoms with Crippen molar-refractivity contribution in [3.05, 3.63) is 29.8 Å². The van der Waals surface area contributed by atoms with Crippen LogP contribution in [0.25, 0.3) is 0 Å². The fourth-order valence-electron chi connectivity index (χ4n) is 2.93. The maximum atomic E-state index is 12.0. The summed E-state index contributed by atoms with van der Waals surface area (Å²) < 4.78 is 4.89. The summed E-state index contributed by atoms with van der Waals surface area (Å²) in [5.41, 5.74) is -0.397. The van der Waals surface area contributed by atoms with Crippen LogP contribution in [-0.2, 0) is 19.1 Å². The largest absolute Gasteiger partial charge is 0.454 e. The fourth-order valence-corrected chi connectivity index (χ4v) is 2.93. The van der Waals surface area contributed by atoms with E-state index in [0.29, 0.717) is 5.69 Å². The topological polar surface area (TPSA) is 117 Å². The number of carbonyl (C=O) groups is 4. The summed E-state index contributed by atoms with van der Waals surface area (Å²) in [5.74, 6) is -2.78. The number of carbonyl (C=O) groups excluding carboxylic acids is 4. The molecule has 1 atom stereocenters. The van der Waals surface area contributed by atoms with Gasteiger partial charge in [0.1, 0.15) is 12.1 Å². The van der Waals surface area contributed by atoms with Crippen LogP contribution < -0.4 is 10.2 Å². The van der Waals surface area contributed by atoms with Gasteiger partial charge >= 0.3 is 5.97 Å². The Morgan fingerprint density at radius 2 is 2.04 bits per heavy atom. The zero-order valence-electron chi connectivity index (χ0n) is 14.2. The van der Waals surface area contributed by atoms with Crippen LogP contribution in [0.1, 0.15) is 30.1 Å². The lowest BCUT2D eigenvalue weighted by molar-refractivity contribution is -0.147. The molecule has 134 valence electrons. The molecule has 2 amide bonds. The Hall–Kier alpha value is -3.21. The minimum absolute atomic E-state index is 0.108. The number of ether oxygens (including phenoxy) is 1. The number of fused-ring (bicyclic) bond motifs is 1. The highest BCUT2D eigenvalue weighted by atomic mass is 16.5. The minimum atomic E-state index is -0.972. The van der Waals surface area contributed by atoms with Gasteiger partial charge in [-0.25, -0.2) is 0 Å². The average Bonchev–Trinajstić information content (AvgIpc) is 3.46. The summed E-state index contributed by atoms with van der Waals surface area (Å²) in [6.07, 6.45) is 1.74. The third-order valence-electron chi connectivity index (χ3n) is 4.56. The van der Waals surface area contributed by atoms with Crippen LogP contribution in [0.2, 0.25) is 0 Å². The number of ketones is 1. The van der Waals surface area contributed by atoms with E-state index in [4.69, 9.17) is 4.74 Å². The number of hydrogen-bond acceptors (Lipinski definition) is 6. The van der Waals surface area contributed by atoms with Gasteiger partial charge in [0.15, 0.2) is 6.61 Å². The number of amides is 2. The third-order valence-corrected chi connectivity index (χ3v) is 4.56. The van der Waals surface area contributed by atoms with Gasteiger partial charge < -0.3 is 10.1 Å². The molecule has 26 heavy (non-hydrogen) atoms. The van der Waals surface area contributed by atoms with Crippen molar-refractivity contribution in [2.45, 2.75) is 25.3 Å². The summed E-state index contributed by atoms with van der Waals surface area (Å²) >= 11 is 0. The van der Waals surface area contributed by atoms with Crippen LogP contribution in [0.15, 0.2) is 24.3 Å². The summed E-state index contributed by atoms with van der Waals surface area (Å²) in [7, 11) is 0. The van der Waals surface area contributed by atoms with Crippen molar-refractivity contribution in [3.63, 3.8) is 0 Å². The molecule has 1 fully saturated rings. The molecule has 0 spiro atoms. The van der Waals surface area contributed by atoms with E-state index in [9.17, 15) is 24.4 Å². The molecular formula is C18H17N3O5. The van der Waals surface area contributed by atoms with Crippen molar-refractivity contribution in [2.24, 2.45) is 5.92 Å². The molecule has 1 aromatic rings. The lowest BCUT2D eigenvalue weighted by atomic mass is 9.98. The number of nitrogens with zero attached hydrogens (tertiary/aromatic N) is 2. The Labute approximate surface area is 149 Å². The highest BCUT2D eigenvalue weighted by Crippen LogP contribution is 2.39. The second-order valence-corrected chi connectivity index (χ2v) is 6.53. The van der Waals surface area contributed by atoms with Gasteiger partial charge in [0, 0.05) is 0 Å². The van der Waals surface area contributed by atoms with Crippen molar-refractivity contribution in [2.75, 3.05) is 18.1 Å².